The zero-order valence-corrected chi connectivity index (χ0v) is 9.80. The van der Waals surface area contributed by atoms with Crippen LogP contribution in [0.15, 0.2) is 22.7 Å². The second kappa shape index (κ2) is 5.14. The molecule has 1 rings (SSSR count). The molecule has 0 aliphatic heterocycles. The molecule has 0 saturated carbocycles. The van der Waals surface area contributed by atoms with Crippen molar-refractivity contribution in [2.45, 2.75) is 6.42 Å². The lowest BCUT2D eigenvalue weighted by molar-refractivity contribution is -0.139. The van der Waals surface area contributed by atoms with E-state index in [1.54, 1.807) is 12.1 Å². The van der Waals surface area contributed by atoms with Crippen LogP contribution in [0.5, 0.6) is 0 Å². The zero-order chi connectivity index (χ0) is 11.4. The third-order valence-electron chi connectivity index (χ3n) is 1.52. The highest BCUT2D eigenvalue weighted by Crippen LogP contribution is 2.25. The normalized spacial score (nSPS) is 9.73. The molecule has 1 aromatic carbocycles. The first-order valence-corrected chi connectivity index (χ1v) is 5.13. The van der Waals surface area contributed by atoms with Gasteiger partial charge in [0.05, 0.1) is 5.02 Å². The van der Waals surface area contributed by atoms with E-state index >= 15 is 0 Å². The molecular formula is C9H7BrClNO3. The van der Waals surface area contributed by atoms with Gasteiger partial charge in [0.2, 0.25) is 5.91 Å². The van der Waals surface area contributed by atoms with Gasteiger partial charge in [0.25, 0.3) is 0 Å². The van der Waals surface area contributed by atoms with Crippen LogP contribution in [-0.4, -0.2) is 17.0 Å². The third kappa shape index (κ3) is 3.89. The first-order chi connectivity index (χ1) is 6.99. The molecule has 0 atom stereocenters. The molecule has 0 saturated heterocycles. The van der Waals surface area contributed by atoms with Gasteiger partial charge in [0, 0.05) is 10.2 Å². The van der Waals surface area contributed by atoms with Crippen molar-refractivity contribution in [2.75, 3.05) is 5.32 Å². The van der Waals surface area contributed by atoms with E-state index in [-0.39, 0.29) is 0 Å². The number of carboxylic acids is 1. The summed E-state index contributed by atoms with van der Waals surface area (Å²) in [7, 11) is 0. The Morgan fingerprint density at radius 3 is 2.67 bits per heavy atom. The molecule has 1 aromatic rings. The molecule has 15 heavy (non-hydrogen) atoms. The van der Waals surface area contributed by atoms with Gasteiger partial charge in [-0.25, -0.2) is 0 Å². The summed E-state index contributed by atoms with van der Waals surface area (Å²) in [5, 5.41) is 11.2. The van der Waals surface area contributed by atoms with Gasteiger partial charge in [0.15, 0.2) is 0 Å². The average molecular weight is 293 g/mol. The number of benzene rings is 1. The first kappa shape index (κ1) is 12.0. The molecule has 4 nitrogen and oxygen atoms in total. The predicted molar refractivity (Wildman–Crippen MR) is 60.0 cm³/mol. The Labute approximate surface area is 99.4 Å². The van der Waals surface area contributed by atoms with Crippen molar-refractivity contribution >= 4 is 45.1 Å². The number of carboxylic acid groups (broad SMARTS) is 1. The highest BCUT2D eigenvalue weighted by Gasteiger charge is 2.08. The molecule has 0 bridgehead atoms. The maximum absolute atomic E-state index is 11.1. The Kier molecular flexibility index (Phi) is 4.11. The number of amides is 1. The first-order valence-electron chi connectivity index (χ1n) is 3.95. The minimum atomic E-state index is -1.17. The summed E-state index contributed by atoms with van der Waals surface area (Å²) in [5.41, 5.74) is 0.467. The van der Waals surface area contributed by atoms with Gasteiger partial charge in [-0.2, -0.15) is 0 Å². The molecule has 0 radical (unpaired) electrons. The van der Waals surface area contributed by atoms with Gasteiger partial charge in [-0.1, -0.05) is 11.6 Å². The molecule has 0 fully saturated rings. The van der Waals surface area contributed by atoms with Gasteiger partial charge in [-0.3, -0.25) is 9.59 Å². The topological polar surface area (TPSA) is 66.4 Å². The summed E-state index contributed by atoms with van der Waals surface area (Å²) >= 11 is 8.99. The molecule has 0 unspecified atom stereocenters. The van der Waals surface area contributed by atoms with Crippen molar-refractivity contribution in [3.63, 3.8) is 0 Å². The Balaban J connectivity index is 2.69. The van der Waals surface area contributed by atoms with E-state index in [4.69, 9.17) is 16.7 Å². The molecule has 80 valence electrons. The minimum Gasteiger partial charge on any atom is -0.481 e. The van der Waals surface area contributed by atoms with Crippen LogP contribution < -0.4 is 5.32 Å². The van der Waals surface area contributed by atoms with Crippen LogP contribution in [0, 0.1) is 0 Å². The van der Waals surface area contributed by atoms with Crippen LogP contribution >= 0.6 is 27.5 Å². The predicted octanol–water partition coefficient (Wildman–Crippen LogP) is 2.52. The maximum Gasteiger partial charge on any atom is 0.312 e. The molecule has 0 aliphatic rings. The van der Waals surface area contributed by atoms with Crippen LogP contribution in [0.3, 0.4) is 0 Å². The van der Waals surface area contributed by atoms with E-state index in [0.717, 1.165) is 0 Å². The van der Waals surface area contributed by atoms with E-state index < -0.39 is 18.3 Å². The van der Waals surface area contributed by atoms with E-state index in [9.17, 15) is 9.59 Å². The number of halogens is 2. The summed E-state index contributed by atoms with van der Waals surface area (Å²) in [6.07, 6.45) is -0.562. The Bertz CT molecular complexity index is 408. The Hall–Kier alpha value is -1.07. The highest BCUT2D eigenvalue weighted by molar-refractivity contribution is 9.10. The fourth-order valence-electron chi connectivity index (χ4n) is 0.916. The second-order valence-corrected chi connectivity index (χ2v) is 4.01. The molecule has 0 aliphatic carbocycles. The van der Waals surface area contributed by atoms with Crippen molar-refractivity contribution < 1.29 is 14.7 Å². The monoisotopic (exact) mass is 291 g/mol. The highest BCUT2D eigenvalue weighted by atomic mass is 79.9. The Morgan fingerprint density at radius 1 is 1.47 bits per heavy atom. The number of nitrogens with one attached hydrogen (secondary N) is 1. The van der Waals surface area contributed by atoms with Crippen molar-refractivity contribution in [1.29, 1.82) is 0 Å². The molecule has 0 heterocycles. The molecule has 0 aromatic heterocycles. The number of anilines is 1. The lowest BCUT2D eigenvalue weighted by Gasteiger charge is -2.04. The lowest BCUT2D eigenvalue weighted by atomic mass is 10.3. The van der Waals surface area contributed by atoms with E-state index in [1.165, 1.54) is 6.07 Å². The fraction of sp³-hybridized carbons (Fsp3) is 0.111. The van der Waals surface area contributed by atoms with Gasteiger partial charge in [-0.05, 0) is 34.1 Å². The number of carbonyl (C=O) groups excluding carboxylic acids is 1. The van der Waals surface area contributed by atoms with E-state index in [1.807, 2.05) is 0 Å². The molecule has 2 N–H and O–H groups in total. The third-order valence-corrected chi connectivity index (χ3v) is 2.75. The summed E-state index contributed by atoms with van der Waals surface area (Å²) in [6, 6.07) is 4.82. The quantitative estimate of drug-likeness (QED) is 0.841. The van der Waals surface area contributed by atoms with Crippen LogP contribution in [0.2, 0.25) is 5.02 Å². The van der Waals surface area contributed by atoms with Crippen molar-refractivity contribution in [3.05, 3.63) is 27.7 Å². The molecule has 0 spiro atoms. The van der Waals surface area contributed by atoms with Gasteiger partial charge in [-0.15, -0.1) is 0 Å². The van der Waals surface area contributed by atoms with Gasteiger partial charge >= 0.3 is 5.97 Å². The van der Waals surface area contributed by atoms with Crippen LogP contribution in [0.4, 0.5) is 5.69 Å². The van der Waals surface area contributed by atoms with Gasteiger partial charge in [0.1, 0.15) is 6.42 Å². The smallest absolute Gasteiger partial charge is 0.312 e. The Morgan fingerprint density at radius 2 is 2.13 bits per heavy atom. The fourth-order valence-corrected chi connectivity index (χ4v) is 1.34. The molecular weight excluding hydrogens is 285 g/mol. The summed E-state index contributed by atoms with van der Waals surface area (Å²) < 4.78 is 0.709. The zero-order valence-electron chi connectivity index (χ0n) is 7.46. The minimum absolute atomic E-state index is 0.447. The molecule has 1 amide bonds. The number of carbonyl (C=O) groups is 2. The average Bonchev–Trinajstić information content (AvgIpc) is 2.10. The standard InChI is InChI=1S/C9H7BrClNO3/c10-6-2-1-5(3-7(6)11)12-8(13)4-9(14)15/h1-3H,4H2,(H,12,13)(H,14,15). The lowest BCUT2D eigenvalue weighted by Crippen LogP contribution is -2.15. The largest absolute Gasteiger partial charge is 0.481 e. The number of rotatable bonds is 3. The van der Waals surface area contributed by atoms with E-state index in [2.05, 4.69) is 21.2 Å². The summed E-state index contributed by atoms with van der Waals surface area (Å²) in [4.78, 5) is 21.3. The number of aliphatic carboxylic acids is 1. The molecule has 6 heteroatoms. The summed E-state index contributed by atoms with van der Waals surface area (Å²) in [6.45, 7) is 0. The SMILES string of the molecule is O=C(O)CC(=O)Nc1ccc(Br)c(Cl)c1. The van der Waals surface area contributed by atoms with Crippen LogP contribution in [-0.2, 0) is 9.59 Å². The van der Waals surface area contributed by atoms with Gasteiger partial charge < -0.3 is 10.4 Å². The number of hydrogen-bond acceptors (Lipinski definition) is 2. The second-order valence-electron chi connectivity index (χ2n) is 2.75. The number of hydrogen-bond donors (Lipinski definition) is 2. The van der Waals surface area contributed by atoms with Crippen molar-refractivity contribution in [1.82, 2.24) is 0 Å². The van der Waals surface area contributed by atoms with Crippen LogP contribution in [0.1, 0.15) is 6.42 Å². The van der Waals surface area contributed by atoms with E-state index in [0.29, 0.717) is 15.2 Å². The maximum atomic E-state index is 11.1. The summed E-state index contributed by atoms with van der Waals surface area (Å²) in [5.74, 6) is -1.75. The van der Waals surface area contributed by atoms with Crippen molar-refractivity contribution in [2.24, 2.45) is 0 Å². The van der Waals surface area contributed by atoms with Crippen molar-refractivity contribution in [3.8, 4) is 0 Å². The van der Waals surface area contributed by atoms with Crippen LogP contribution in [0.25, 0.3) is 0 Å².